The van der Waals surface area contributed by atoms with Crippen molar-refractivity contribution in [1.82, 2.24) is 4.90 Å². The van der Waals surface area contributed by atoms with E-state index in [4.69, 9.17) is 5.11 Å². The highest BCUT2D eigenvalue weighted by Crippen LogP contribution is 2.37. The van der Waals surface area contributed by atoms with Crippen LogP contribution in [0.3, 0.4) is 0 Å². The molecule has 6 nitrogen and oxygen atoms in total. The van der Waals surface area contributed by atoms with Gasteiger partial charge in [0, 0.05) is 51.0 Å². The van der Waals surface area contributed by atoms with Crippen molar-refractivity contribution in [3.8, 4) is 0 Å². The van der Waals surface area contributed by atoms with Gasteiger partial charge in [-0.15, -0.1) is 0 Å². The summed E-state index contributed by atoms with van der Waals surface area (Å²) in [6, 6.07) is 5.79. The van der Waals surface area contributed by atoms with E-state index in [2.05, 4.69) is 9.80 Å². The lowest BCUT2D eigenvalue weighted by Crippen LogP contribution is -2.47. The molecule has 1 unspecified atom stereocenters. The quantitative estimate of drug-likeness (QED) is 0.808. The molecule has 0 spiro atoms. The zero-order valence-corrected chi connectivity index (χ0v) is 12.2. The molecule has 1 fully saturated rings. The average Bonchev–Trinajstić information content (AvgIpc) is 2.73. The van der Waals surface area contributed by atoms with Crippen LogP contribution in [-0.4, -0.2) is 67.4 Å². The zero-order valence-electron chi connectivity index (χ0n) is 12.2. The molecule has 0 aromatic heterocycles. The molecule has 0 saturated carbocycles. The Morgan fingerprint density at radius 1 is 1.24 bits per heavy atom. The number of piperazine rings is 1. The second-order valence-corrected chi connectivity index (χ2v) is 5.60. The zero-order chi connectivity index (χ0) is 15.0. The fraction of sp³-hybridized carbons (Fsp3) is 0.533. The third-order valence-electron chi connectivity index (χ3n) is 4.39. The molecule has 1 aromatic rings. The van der Waals surface area contributed by atoms with E-state index < -0.39 is 6.10 Å². The summed E-state index contributed by atoms with van der Waals surface area (Å²) in [7, 11) is 1.69. The van der Waals surface area contributed by atoms with Crippen LogP contribution in [-0.2, 0) is 4.79 Å². The molecule has 0 bridgehead atoms. The maximum Gasteiger partial charge on any atom is 0.260 e. The Kier molecular flexibility index (Phi) is 3.84. The van der Waals surface area contributed by atoms with Crippen molar-refractivity contribution in [2.45, 2.75) is 6.10 Å². The van der Waals surface area contributed by atoms with Crippen LogP contribution in [0.2, 0.25) is 0 Å². The molecule has 1 aromatic carbocycles. The summed E-state index contributed by atoms with van der Waals surface area (Å²) >= 11 is 0. The molecular weight excluding hydrogens is 270 g/mol. The number of hydrogen-bond acceptors (Lipinski definition) is 5. The molecule has 21 heavy (non-hydrogen) atoms. The highest BCUT2D eigenvalue weighted by molar-refractivity contribution is 6.03. The lowest BCUT2D eigenvalue weighted by molar-refractivity contribution is -0.125. The summed E-state index contributed by atoms with van der Waals surface area (Å²) in [5, 5.41) is 18.8. The minimum Gasteiger partial charge on any atom is -0.395 e. The van der Waals surface area contributed by atoms with E-state index in [1.54, 1.807) is 7.05 Å². The number of nitrogens with zero attached hydrogens (tertiary/aromatic N) is 3. The summed E-state index contributed by atoms with van der Waals surface area (Å²) in [6.07, 6.45) is -1.03. The van der Waals surface area contributed by atoms with E-state index in [9.17, 15) is 9.90 Å². The molecule has 2 aliphatic heterocycles. The maximum absolute atomic E-state index is 11.8. The Morgan fingerprint density at radius 3 is 2.62 bits per heavy atom. The van der Waals surface area contributed by atoms with Crippen LogP contribution in [0.5, 0.6) is 0 Å². The van der Waals surface area contributed by atoms with Gasteiger partial charge in [-0.25, -0.2) is 0 Å². The molecule has 0 aliphatic carbocycles. The Hall–Kier alpha value is -1.63. The Balaban J connectivity index is 1.76. The largest absolute Gasteiger partial charge is 0.395 e. The van der Waals surface area contributed by atoms with Crippen LogP contribution < -0.4 is 9.80 Å². The summed E-state index contributed by atoms with van der Waals surface area (Å²) in [5.74, 6) is -0.269. The first-order chi connectivity index (χ1) is 10.1. The van der Waals surface area contributed by atoms with Crippen LogP contribution in [0.1, 0.15) is 11.7 Å². The van der Waals surface area contributed by atoms with Crippen LogP contribution in [0.25, 0.3) is 0 Å². The minimum atomic E-state index is -1.03. The lowest BCUT2D eigenvalue weighted by atomic mass is 10.1. The molecule has 2 aliphatic rings. The normalized spacial score (nSPS) is 22.8. The number of aliphatic hydroxyl groups excluding tert-OH is 2. The first-order valence-corrected chi connectivity index (χ1v) is 7.29. The number of rotatable bonds is 3. The number of likely N-dealkylation sites (N-methyl/N-ethyl adjacent to an activating group) is 1. The fourth-order valence-electron chi connectivity index (χ4n) is 3.06. The maximum atomic E-state index is 11.8. The molecule has 3 rings (SSSR count). The van der Waals surface area contributed by atoms with E-state index in [1.807, 2.05) is 18.2 Å². The SMILES string of the molecule is CN1C(=O)C(O)c2ccc(N3CCN(CCO)CC3)cc21. The van der Waals surface area contributed by atoms with Crippen molar-refractivity contribution < 1.29 is 15.0 Å². The number of β-amino-alcohol motifs (C(OH)–C–C–N with tert-alkyl or cyclic N) is 1. The van der Waals surface area contributed by atoms with Crippen LogP contribution in [0.15, 0.2) is 18.2 Å². The highest BCUT2D eigenvalue weighted by atomic mass is 16.3. The van der Waals surface area contributed by atoms with Gasteiger partial charge < -0.3 is 20.0 Å². The van der Waals surface area contributed by atoms with Crippen molar-refractivity contribution in [2.75, 3.05) is 56.2 Å². The summed E-state index contributed by atoms with van der Waals surface area (Å²) in [5.41, 5.74) is 2.55. The molecule has 1 saturated heterocycles. The number of hydrogen-bond donors (Lipinski definition) is 2. The predicted molar refractivity (Wildman–Crippen MR) is 80.6 cm³/mol. The smallest absolute Gasteiger partial charge is 0.260 e. The number of benzene rings is 1. The summed E-state index contributed by atoms with van der Waals surface area (Å²) < 4.78 is 0. The highest BCUT2D eigenvalue weighted by Gasteiger charge is 2.34. The van der Waals surface area contributed by atoms with Crippen molar-refractivity contribution in [2.24, 2.45) is 0 Å². The minimum absolute atomic E-state index is 0.198. The third-order valence-corrected chi connectivity index (χ3v) is 4.39. The molecule has 0 radical (unpaired) electrons. The van der Waals surface area contributed by atoms with Crippen LogP contribution in [0, 0.1) is 0 Å². The average molecular weight is 291 g/mol. The van der Waals surface area contributed by atoms with Gasteiger partial charge in [-0.2, -0.15) is 0 Å². The third kappa shape index (κ3) is 2.50. The van der Waals surface area contributed by atoms with E-state index in [0.29, 0.717) is 5.56 Å². The summed E-state index contributed by atoms with van der Waals surface area (Å²) in [6.45, 7) is 4.58. The van der Waals surface area contributed by atoms with Gasteiger partial charge in [0.25, 0.3) is 5.91 Å². The Bertz CT molecular complexity index is 541. The first kappa shape index (κ1) is 14.3. The fourth-order valence-corrected chi connectivity index (χ4v) is 3.06. The second-order valence-electron chi connectivity index (χ2n) is 5.60. The van der Waals surface area contributed by atoms with E-state index in [1.165, 1.54) is 4.90 Å². The summed E-state index contributed by atoms with van der Waals surface area (Å²) in [4.78, 5) is 17.8. The number of fused-ring (bicyclic) bond motifs is 1. The Labute approximate surface area is 124 Å². The molecule has 2 heterocycles. The number of anilines is 2. The van der Waals surface area contributed by atoms with Gasteiger partial charge in [-0.05, 0) is 12.1 Å². The van der Waals surface area contributed by atoms with Gasteiger partial charge >= 0.3 is 0 Å². The van der Waals surface area contributed by atoms with E-state index in [-0.39, 0.29) is 12.5 Å². The molecule has 114 valence electrons. The number of carbonyl (C=O) groups excluding carboxylic acids is 1. The molecule has 6 heteroatoms. The van der Waals surface area contributed by atoms with Gasteiger partial charge in [-0.1, -0.05) is 6.07 Å². The second kappa shape index (κ2) is 5.63. The Morgan fingerprint density at radius 2 is 1.95 bits per heavy atom. The van der Waals surface area contributed by atoms with Crippen LogP contribution in [0.4, 0.5) is 11.4 Å². The number of amides is 1. The van der Waals surface area contributed by atoms with Gasteiger partial charge in [-0.3, -0.25) is 9.69 Å². The van der Waals surface area contributed by atoms with Gasteiger partial charge in [0.05, 0.1) is 12.3 Å². The first-order valence-electron chi connectivity index (χ1n) is 7.29. The van der Waals surface area contributed by atoms with Gasteiger partial charge in [0.1, 0.15) is 0 Å². The monoisotopic (exact) mass is 291 g/mol. The van der Waals surface area contributed by atoms with Crippen molar-refractivity contribution in [3.05, 3.63) is 23.8 Å². The predicted octanol–water partition coefficient (Wildman–Crippen LogP) is -0.189. The molecule has 1 amide bonds. The standard InChI is InChI=1S/C15H21N3O3/c1-16-13-10-11(2-3-12(13)14(20)15(16)21)18-6-4-17(5-7-18)8-9-19/h2-3,10,14,19-20H,4-9H2,1H3. The topological polar surface area (TPSA) is 67.3 Å². The van der Waals surface area contributed by atoms with Crippen molar-refractivity contribution in [1.29, 1.82) is 0 Å². The lowest BCUT2D eigenvalue weighted by Gasteiger charge is -2.36. The van der Waals surface area contributed by atoms with Gasteiger partial charge in [0.2, 0.25) is 0 Å². The number of aliphatic hydroxyl groups is 2. The van der Waals surface area contributed by atoms with Crippen LogP contribution >= 0.6 is 0 Å². The molecular formula is C15H21N3O3. The van der Waals surface area contributed by atoms with E-state index in [0.717, 1.165) is 44.1 Å². The molecule has 1 atom stereocenters. The van der Waals surface area contributed by atoms with E-state index >= 15 is 0 Å². The van der Waals surface area contributed by atoms with Crippen molar-refractivity contribution >= 4 is 17.3 Å². The van der Waals surface area contributed by atoms with Crippen molar-refractivity contribution in [3.63, 3.8) is 0 Å². The number of carbonyl (C=O) groups is 1. The van der Waals surface area contributed by atoms with Gasteiger partial charge in [0.15, 0.2) is 6.10 Å². The molecule has 2 N–H and O–H groups in total.